The van der Waals surface area contributed by atoms with Gasteiger partial charge >= 0.3 is 6.18 Å². The highest BCUT2D eigenvalue weighted by molar-refractivity contribution is 5.50. The van der Waals surface area contributed by atoms with Crippen molar-refractivity contribution < 1.29 is 27.1 Å². The highest BCUT2D eigenvalue weighted by Gasteiger charge is 2.38. The SMILES string of the molecule is C[C@@H](C/C=C/c1cccc(C(F)(F)F)c1)[C@](O)(Cn1cncn1)c1ccc(F)cc1F. The molecule has 164 valence electrons. The molecule has 3 aromatic rings. The van der Waals surface area contributed by atoms with Crippen LogP contribution in [0.3, 0.4) is 0 Å². The Morgan fingerprint density at radius 3 is 2.55 bits per heavy atom. The Labute approximate surface area is 175 Å². The molecule has 2 aromatic carbocycles. The first kappa shape index (κ1) is 22.6. The van der Waals surface area contributed by atoms with Gasteiger partial charge in [-0.2, -0.15) is 18.3 Å². The number of hydrogen-bond acceptors (Lipinski definition) is 3. The van der Waals surface area contributed by atoms with E-state index in [1.807, 2.05) is 0 Å². The molecule has 1 heterocycles. The van der Waals surface area contributed by atoms with Crippen LogP contribution in [0.15, 0.2) is 61.2 Å². The molecule has 0 aliphatic carbocycles. The van der Waals surface area contributed by atoms with E-state index in [-0.39, 0.29) is 18.5 Å². The third kappa shape index (κ3) is 5.35. The molecule has 1 aromatic heterocycles. The normalized spacial score (nSPS) is 15.2. The molecular formula is C22H20F5N3O. The summed E-state index contributed by atoms with van der Waals surface area (Å²) >= 11 is 0. The van der Waals surface area contributed by atoms with Crippen molar-refractivity contribution in [2.45, 2.75) is 31.7 Å². The summed E-state index contributed by atoms with van der Waals surface area (Å²) in [5.74, 6) is -2.28. The molecule has 0 unspecified atom stereocenters. The number of benzene rings is 2. The average molecular weight is 437 g/mol. The van der Waals surface area contributed by atoms with E-state index < -0.39 is 34.9 Å². The van der Waals surface area contributed by atoms with Crippen LogP contribution in [0.4, 0.5) is 22.0 Å². The Morgan fingerprint density at radius 2 is 1.90 bits per heavy atom. The number of alkyl halides is 3. The van der Waals surface area contributed by atoms with Crippen molar-refractivity contribution in [1.82, 2.24) is 14.8 Å². The number of nitrogens with zero attached hydrogens (tertiary/aromatic N) is 3. The molecule has 0 radical (unpaired) electrons. The minimum absolute atomic E-state index is 0.107. The average Bonchev–Trinajstić information content (AvgIpc) is 3.20. The van der Waals surface area contributed by atoms with Crippen molar-refractivity contribution in [3.63, 3.8) is 0 Å². The second-order valence-corrected chi connectivity index (χ2v) is 7.30. The van der Waals surface area contributed by atoms with Crippen LogP contribution >= 0.6 is 0 Å². The van der Waals surface area contributed by atoms with E-state index in [9.17, 15) is 27.1 Å². The van der Waals surface area contributed by atoms with Crippen LogP contribution in [0.5, 0.6) is 0 Å². The van der Waals surface area contributed by atoms with Crippen LogP contribution in [-0.2, 0) is 18.3 Å². The van der Waals surface area contributed by atoms with Gasteiger partial charge in [0, 0.05) is 11.6 Å². The lowest BCUT2D eigenvalue weighted by Crippen LogP contribution is -2.39. The Morgan fingerprint density at radius 1 is 1.13 bits per heavy atom. The van der Waals surface area contributed by atoms with Crippen LogP contribution in [0.2, 0.25) is 0 Å². The predicted molar refractivity (Wildman–Crippen MR) is 105 cm³/mol. The summed E-state index contributed by atoms with van der Waals surface area (Å²) < 4.78 is 67.8. The Balaban J connectivity index is 1.85. The molecule has 9 heteroatoms. The van der Waals surface area contributed by atoms with Gasteiger partial charge in [0.15, 0.2) is 0 Å². The van der Waals surface area contributed by atoms with Crippen molar-refractivity contribution in [2.75, 3.05) is 0 Å². The second kappa shape index (κ2) is 8.97. The molecule has 0 aliphatic rings. The van der Waals surface area contributed by atoms with E-state index in [0.717, 1.165) is 18.2 Å². The van der Waals surface area contributed by atoms with Gasteiger partial charge in [-0.05, 0) is 36.1 Å². The van der Waals surface area contributed by atoms with Gasteiger partial charge < -0.3 is 5.11 Å². The predicted octanol–water partition coefficient (Wildman–Crippen LogP) is 5.20. The van der Waals surface area contributed by atoms with Gasteiger partial charge in [0.25, 0.3) is 0 Å². The molecular weight excluding hydrogens is 417 g/mol. The zero-order valence-corrected chi connectivity index (χ0v) is 16.5. The lowest BCUT2D eigenvalue weighted by molar-refractivity contribution is -0.137. The Kier molecular flexibility index (Phi) is 6.54. The fourth-order valence-corrected chi connectivity index (χ4v) is 3.33. The molecule has 1 N–H and O–H groups in total. The summed E-state index contributed by atoms with van der Waals surface area (Å²) in [7, 11) is 0. The third-order valence-electron chi connectivity index (χ3n) is 5.10. The fourth-order valence-electron chi connectivity index (χ4n) is 3.33. The summed E-state index contributed by atoms with van der Waals surface area (Å²) in [6.45, 7) is 1.52. The molecule has 0 fully saturated rings. The number of aromatic nitrogens is 3. The maximum atomic E-state index is 14.5. The lowest BCUT2D eigenvalue weighted by Gasteiger charge is -2.34. The van der Waals surface area contributed by atoms with E-state index in [2.05, 4.69) is 10.1 Å². The van der Waals surface area contributed by atoms with Gasteiger partial charge in [0.1, 0.15) is 29.9 Å². The third-order valence-corrected chi connectivity index (χ3v) is 5.10. The standard InChI is InChI=1S/C22H20F5N3O/c1-15(4-2-5-16-6-3-7-17(10-16)22(25,26)27)21(31,12-30-14-28-13-29-30)19-9-8-18(23)11-20(19)24/h2-3,5-11,13-15,31H,4,12H2,1H3/b5-2+/t15-,21+/m0/s1. The van der Waals surface area contributed by atoms with E-state index in [0.29, 0.717) is 11.6 Å². The highest BCUT2D eigenvalue weighted by atomic mass is 19.4. The van der Waals surface area contributed by atoms with Gasteiger partial charge in [-0.3, -0.25) is 0 Å². The van der Waals surface area contributed by atoms with Crippen LogP contribution < -0.4 is 0 Å². The summed E-state index contributed by atoms with van der Waals surface area (Å²) in [5.41, 5.74) is -2.30. The molecule has 0 spiro atoms. The number of halogens is 5. The van der Waals surface area contributed by atoms with Crippen LogP contribution in [0.25, 0.3) is 6.08 Å². The van der Waals surface area contributed by atoms with Crippen LogP contribution in [0.1, 0.15) is 30.0 Å². The van der Waals surface area contributed by atoms with Gasteiger partial charge in [0.05, 0.1) is 12.1 Å². The number of allylic oxidation sites excluding steroid dienone is 1. The minimum atomic E-state index is -4.45. The summed E-state index contributed by atoms with van der Waals surface area (Å²) in [4.78, 5) is 3.81. The van der Waals surface area contributed by atoms with E-state index in [1.165, 1.54) is 41.6 Å². The second-order valence-electron chi connectivity index (χ2n) is 7.30. The van der Waals surface area contributed by atoms with Gasteiger partial charge in [-0.25, -0.2) is 18.4 Å². The van der Waals surface area contributed by atoms with E-state index in [1.54, 1.807) is 13.0 Å². The zero-order valence-electron chi connectivity index (χ0n) is 16.5. The smallest absolute Gasteiger partial charge is 0.383 e. The first-order valence-corrected chi connectivity index (χ1v) is 9.44. The van der Waals surface area contributed by atoms with Crippen molar-refractivity contribution in [1.29, 1.82) is 0 Å². The summed E-state index contributed by atoms with van der Waals surface area (Å²) in [6, 6.07) is 7.74. The summed E-state index contributed by atoms with van der Waals surface area (Å²) in [6.07, 6.45) is 1.49. The molecule has 3 rings (SSSR count). The summed E-state index contributed by atoms with van der Waals surface area (Å²) in [5, 5.41) is 15.4. The first-order chi connectivity index (χ1) is 14.6. The molecule has 0 aliphatic heterocycles. The topological polar surface area (TPSA) is 50.9 Å². The first-order valence-electron chi connectivity index (χ1n) is 9.44. The van der Waals surface area contributed by atoms with Gasteiger partial charge in [0.2, 0.25) is 0 Å². The van der Waals surface area contributed by atoms with Crippen LogP contribution in [0, 0.1) is 17.6 Å². The van der Waals surface area contributed by atoms with Crippen molar-refractivity contribution in [2.24, 2.45) is 5.92 Å². The number of aliphatic hydroxyl groups is 1. The van der Waals surface area contributed by atoms with Crippen molar-refractivity contribution in [3.8, 4) is 0 Å². The van der Waals surface area contributed by atoms with Gasteiger partial charge in [-0.15, -0.1) is 0 Å². The minimum Gasteiger partial charge on any atom is -0.383 e. The van der Waals surface area contributed by atoms with E-state index >= 15 is 0 Å². The number of hydrogen-bond donors (Lipinski definition) is 1. The monoisotopic (exact) mass is 437 g/mol. The lowest BCUT2D eigenvalue weighted by atomic mass is 9.80. The maximum absolute atomic E-state index is 14.5. The molecule has 0 saturated carbocycles. The van der Waals surface area contributed by atoms with Gasteiger partial charge in [-0.1, -0.05) is 37.3 Å². The quantitative estimate of drug-likeness (QED) is 0.517. The fraction of sp³-hybridized carbons (Fsp3) is 0.273. The molecule has 0 bridgehead atoms. The Bertz CT molecular complexity index is 1050. The highest BCUT2D eigenvalue weighted by Crippen LogP contribution is 2.36. The zero-order chi connectivity index (χ0) is 22.6. The van der Waals surface area contributed by atoms with E-state index in [4.69, 9.17) is 0 Å². The molecule has 2 atom stereocenters. The molecule has 0 saturated heterocycles. The van der Waals surface area contributed by atoms with Crippen molar-refractivity contribution >= 4 is 6.08 Å². The molecule has 4 nitrogen and oxygen atoms in total. The largest absolute Gasteiger partial charge is 0.416 e. The number of rotatable bonds is 7. The van der Waals surface area contributed by atoms with Crippen molar-refractivity contribution in [3.05, 3.63) is 89.5 Å². The molecule has 0 amide bonds. The molecule has 31 heavy (non-hydrogen) atoms. The van der Waals surface area contributed by atoms with Crippen LogP contribution in [-0.4, -0.2) is 19.9 Å². The Hall–Kier alpha value is -3.07. The maximum Gasteiger partial charge on any atom is 0.416 e.